The van der Waals surface area contributed by atoms with E-state index in [2.05, 4.69) is 5.29 Å². The van der Waals surface area contributed by atoms with Gasteiger partial charge in [0, 0.05) is 0 Å². The fourth-order valence-electron chi connectivity index (χ4n) is 0.500. The van der Waals surface area contributed by atoms with E-state index in [-0.39, 0.29) is 12.1 Å². The second-order valence-electron chi connectivity index (χ2n) is 3.00. The van der Waals surface area contributed by atoms with E-state index < -0.39 is 0 Å². The van der Waals surface area contributed by atoms with Crippen LogP contribution in [0.4, 0.5) is 0 Å². The second kappa shape index (κ2) is 3.29. The average Bonchev–Trinajstić information content (AvgIpc) is 1.80. The van der Waals surface area contributed by atoms with Gasteiger partial charge in [-0.2, -0.15) is 0 Å². The Morgan fingerprint density at radius 1 is 1.50 bits per heavy atom. The molecule has 0 aliphatic heterocycles. The lowest BCUT2D eigenvalue weighted by Gasteiger charge is -2.27. The molecule has 0 aliphatic rings. The van der Waals surface area contributed by atoms with Gasteiger partial charge in [0.05, 0.1) is 17.4 Å². The predicted molar refractivity (Wildman–Crippen MR) is 38.3 cm³/mol. The van der Waals surface area contributed by atoms with Gasteiger partial charge in [0.15, 0.2) is 0 Å². The van der Waals surface area contributed by atoms with Crippen molar-refractivity contribution >= 4 is 6.29 Å². The number of aldehydes is 1. The number of hydrogen-bond acceptors (Lipinski definition) is 3. The molecular weight excluding hydrogens is 132 g/mol. The molecule has 0 saturated heterocycles. The minimum Gasteiger partial charge on any atom is -0.301 e. The quantitative estimate of drug-likeness (QED) is 0.337. The van der Waals surface area contributed by atoms with E-state index in [0.717, 1.165) is 0 Å². The molecule has 0 aromatic rings. The van der Waals surface area contributed by atoms with E-state index in [1.807, 2.05) is 20.8 Å². The van der Waals surface area contributed by atoms with Crippen molar-refractivity contribution in [1.29, 1.82) is 0 Å². The van der Waals surface area contributed by atoms with Crippen LogP contribution < -0.4 is 0 Å². The van der Waals surface area contributed by atoms with Crippen molar-refractivity contribution in [1.82, 2.24) is 5.01 Å². The molecule has 0 radical (unpaired) electrons. The molecule has 0 saturated carbocycles. The van der Waals surface area contributed by atoms with E-state index >= 15 is 0 Å². The van der Waals surface area contributed by atoms with Crippen LogP contribution in [0.1, 0.15) is 20.8 Å². The molecule has 0 N–H and O–H groups in total. The molecule has 0 aromatic carbocycles. The molecule has 0 fully saturated rings. The number of hydrogen-bond donors (Lipinski definition) is 0. The van der Waals surface area contributed by atoms with Crippen LogP contribution in [0.25, 0.3) is 0 Å². The highest BCUT2D eigenvalue weighted by Crippen LogP contribution is 2.11. The van der Waals surface area contributed by atoms with Gasteiger partial charge in [0.2, 0.25) is 0 Å². The first-order valence-electron chi connectivity index (χ1n) is 3.07. The van der Waals surface area contributed by atoms with Gasteiger partial charge in [-0.1, -0.05) is 0 Å². The Morgan fingerprint density at radius 3 is 2.10 bits per heavy atom. The Bertz CT molecular complexity index is 128. The van der Waals surface area contributed by atoms with Crippen molar-refractivity contribution in [3.05, 3.63) is 4.91 Å². The van der Waals surface area contributed by atoms with Gasteiger partial charge in [-0.15, -0.1) is 4.91 Å². The van der Waals surface area contributed by atoms with Crippen molar-refractivity contribution in [2.45, 2.75) is 26.3 Å². The van der Waals surface area contributed by atoms with Crippen LogP contribution in [0.15, 0.2) is 5.29 Å². The van der Waals surface area contributed by atoms with Crippen LogP contribution in [-0.4, -0.2) is 23.4 Å². The summed E-state index contributed by atoms with van der Waals surface area (Å²) in [6.45, 7) is 5.51. The van der Waals surface area contributed by atoms with Crippen LogP contribution in [0, 0.1) is 4.91 Å². The molecule has 0 unspecified atom stereocenters. The van der Waals surface area contributed by atoms with Crippen molar-refractivity contribution in [2.75, 3.05) is 6.54 Å². The van der Waals surface area contributed by atoms with E-state index in [1.165, 1.54) is 5.01 Å². The van der Waals surface area contributed by atoms with Gasteiger partial charge in [-0.25, -0.2) is 5.01 Å². The van der Waals surface area contributed by atoms with Gasteiger partial charge < -0.3 is 4.79 Å². The monoisotopic (exact) mass is 144 g/mol. The summed E-state index contributed by atoms with van der Waals surface area (Å²) in [5.74, 6) is 0. The molecule has 0 heterocycles. The summed E-state index contributed by atoms with van der Waals surface area (Å²) in [7, 11) is 0. The first-order valence-corrected chi connectivity index (χ1v) is 3.07. The third-order valence-corrected chi connectivity index (χ3v) is 1.12. The fraction of sp³-hybridized carbons (Fsp3) is 0.833. The number of carbonyl (C=O) groups excluding carboxylic acids is 1. The Labute approximate surface area is 60.2 Å². The van der Waals surface area contributed by atoms with E-state index in [4.69, 9.17) is 0 Å². The lowest BCUT2D eigenvalue weighted by atomic mass is 10.1. The SMILES string of the molecule is CC(C)(C)N(CC=O)N=O. The maximum absolute atomic E-state index is 10.1. The lowest BCUT2D eigenvalue weighted by molar-refractivity contribution is -0.110. The molecule has 0 aliphatic carbocycles. The highest BCUT2D eigenvalue weighted by Gasteiger charge is 2.19. The van der Waals surface area contributed by atoms with Crippen LogP contribution in [-0.2, 0) is 4.79 Å². The van der Waals surface area contributed by atoms with Gasteiger partial charge in [0.1, 0.15) is 6.29 Å². The maximum Gasteiger partial charge on any atom is 0.141 e. The van der Waals surface area contributed by atoms with Crippen molar-refractivity contribution < 1.29 is 4.79 Å². The van der Waals surface area contributed by atoms with E-state index in [1.54, 1.807) is 0 Å². The summed E-state index contributed by atoms with van der Waals surface area (Å²) in [6, 6.07) is 0. The smallest absolute Gasteiger partial charge is 0.141 e. The molecule has 0 spiro atoms. The predicted octanol–water partition coefficient (Wildman–Crippen LogP) is 0.967. The van der Waals surface area contributed by atoms with Gasteiger partial charge >= 0.3 is 0 Å². The van der Waals surface area contributed by atoms with Crippen molar-refractivity contribution in [3.63, 3.8) is 0 Å². The molecule has 0 rings (SSSR count). The summed E-state index contributed by atoms with van der Waals surface area (Å²) in [4.78, 5) is 20.0. The van der Waals surface area contributed by atoms with Crippen LogP contribution in [0.2, 0.25) is 0 Å². The zero-order valence-electron chi connectivity index (χ0n) is 6.50. The molecule has 0 amide bonds. The fourth-order valence-corrected chi connectivity index (χ4v) is 0.500. The molecule has 0 atom stereocenters. The molecule has 4 heteroatoms. The van der Waals surface area contributed by atoms with Gasteiger partial charge in [0.25, 0.3) is 0 Å². The minimum atomic E-state index is -0.358. The number of carbonyl (C=O) groups is 1. The third-order valence-electron chi connectivity index (χ3n) is 1.12. The summed E-state index contributed by atoms with van der Waals surface area (Å²) in [5.41, 5.74) is -0.358. The molecule has 4 nitrogen and oxygen atoms in total. The zero-order chi connectivity index (χ0) is 8.20. The zero-order valence-corrected chi connectivity index (χ0v) is 6.50. The first-order chi connectivity index (χ1) is 4.52. The Kier molecular flexibility index (Phi) is 2.99. The third kappa shape index (κ3) is 2.57. The number of nitroso groups, excluding NO2 is 1. The standard InChI is InChI=1S/C6H12N2O2/c1-6(2,3)8(7-10)4-5-9/h5H,4H2,1-3H3. The van der Waals surface area contributed by atoms with Gasteiger partial charge in [-0.05, 0) is 20.8 Å². The normalized spacial score (nSPS) is 10.7. The Morgan fingerprint density at radius 2 is 2.00 bits per heavy atom. The molecule has 10 heavy (non-hydrogen) atoms. The lowest BCUT2D eigenvalue weighted by Crippen LogP contribution is -2.37. The molecular formula is C6H12N2O2. The maximum atomic E-state index is 10.1. The van der Waals surface area contributed by atoms with Crippen molar-refractivity contribution in [3.8, 4) is 0 Å². The van der Waals surface area contributed by atoms with E-state index in [0.29, 0.717) is 6.29 Å². The largest absolute Gasteiger partial charge is 0.301 e. The minimum absolute atomic E-state index is 0.0625. The number of rotatable bonds is 3. The molecule has 0 aromatic heterocycles. The highest BCUT2D eigenvalue weighted by molar-refractivity contribution is 5.52. The summed E-state index contributed by atoms with van der Waals surface area (Å²) >= 11 is 0. The van der Waals surface area contributed by atoms with Gasteiger partial charge in [-0.3, -0.25) is 0 Å². The topological polar surface area (TPSA) is 49.7 Å². The summed E-state index contributed by atoms with van der Waals surface area (Å²) < 4.78 is 0. The number of nitrogens with zero attached hydrogens (tertiary/aromatic N) is 2. The Balaban J connectivity index is 4.05. The Hall–Kier alpha value is -0.930. The second-order valence-corrected chi connectivity index (χ2v) is 3.00. The average molecular weight is 144 g/mol. The van der Waals surface area contributed by atoms with Crippen LogP contribution in [0.3, 0.4) is 0 Å². The van der Waals surface area contributed by atoms with E-state index in [9.17, 15) is 9.70 Å². The van der Waals surface area contributed by atoms with Crippen molar-refractivity contribution in [2.24, 2.45) is 5.29 Å². The highest BCUT2D eigenvalue weighted by atomic mass is 16.3. The summed E-state index contributed by atoms with van der Waals surface area (Å²) in [5, 5.41) is 3.90. The first kappa shape index (κ1) is 9.07. The summed E-state index contributed by atoms with van der Waals surface area (Å²) in [6.07, 6.45) is 0.659. The molecule has 0 bridgehead atoms. The molecule has 58 valence electrons. The van der Waals surface area contributed by atoms with Crippen LogP contribution >= 0.6 is 0 Å². The van der Waals surface area contributed by atoms with Crippen LogP contribution in [0.5, 0.6) is 0 Å².